The number of nitrogens with zero attached hydrogens (tertiary/aromatic N) is 3. The summed E-state index contributed by atoms with van der Waals surface area (Å²) >= 11 is 0. The van der Waals surface area contributed by atoms with Crippen molar-refractivity contribution in [3.8, 4) is 17.2 Å². The van der Waals surface area contributed by atoms with Crippen LogP contribution in [0, 0.1) is 0 Å². The molecule has 0 unspecified atom stereocenters. The fraction of sp³-hybridized carbons (Fsp3) is 0.211. The quantitative estimate of drug-likeness (QED) is 0.663. The van der Waals surface area contributed by atoms with Gasteiger partial charge in [-0.3, -0.25) is 4.79 Å². The van der Waals surface area contributed by atoms with Gasteiger partial charge in [-0.1, -0.05) is 29.5 Å². The third kappa shape index (κ3) is 4.00. The molecule has 1 heterocycles. The van der Waals surface area contributed by atoms with Crippen LogP contribution in [0.4, 0.5) is 5.82 Å². The minimum absolute atomic E-state index is 0.0594. The van der Waals surface area contributed by atoms with Crippen molar-refractivity contribution in [1.29, 1.82) is 0 Å². The van der Waals surface area contributed by atoms with Gasteiger partial charge in [-0.2, -0.15) is 4.68 Å². The third-order valence-corrected chi connectivity index (χ3v) is 3.90. The second-order valence-corrected chi connectivity index (χ2v) is 5.67. The fourth-order valence-corrected chi connectivity index (χ4v) is 2.59. The Kier molecular flexibility index (Phi) is 5.55. The van der Waals surface area contributed by atoms with Crippen LogP contribution >= 0.6 is 0 Å². The van der Waals surface area contributed by atoms with Gasteiger partial charge in [-0.25, -0.2) is 0 Å². The van der Waals surface area contributed by atoms with Crippen molar-refractivity contribution in [2.24, 2.45) is 0 Å². The number of carbonyl (C=O) groups excluding carboxylic acids is 1. The van der Waals surface area contributed by atoms with Crippen LogP contribution in [0.2, 0.25) is 0 Å². The summed E-state index contributed by atoms with van der Waals surface area (Å²) in [4.78, 5) is 12.5. The molecule has 2 aromatic carbocycles. The number of amides is 1. The van der Waals surface area contributed by atoms with E-state index < -0.39 is 5.91 Å². The molecule has 3 N–H and O–H groups in total. The first-order valence-electron chi connectivity index (χ1n) is 8.48. The predicted octanol–water partition coefficient (Wildman–Crippen LogP) is 2.19. The maximum atomic E-state index is 12.5. The molecular weight excluding hydrogens is 346 g/mol. The topological polar surface area (TPSA) is 104 Å². The number of rotatable bonds is 7. The Morgan fingerprint density at radius 1 is 1.22 bits per heavy atom. The molecule has 8 heteroatoms. The van der Waals surface area contributed by atoms with Crippen molar-refractivity contribution in [1.82, 2.24) is 20.3 Å². The molecule has 1 amide bonds. The predicted molar refractivity (Wildman–Crippen MR) is 101 cm³/mol. The van der Waals surface area contributed by atoms with Gasteiger partial charge in [0.1, 0.15) is 17.2 Å². The average Bonchev–Trinajstić information content (AvgIpc) is 3.08. The number of nitrogens with two attached hydrogens (primary N) is 1. The first-order chi connectivity index (χ1) is 13.1. The molecule has 0 aliphatic carbocycles. The number of nitrogens with one attached hydrogen (secondary N) is 1. The van der Waals surface area contributed by atoms with Gasteiger partial charge in [0.2, 0.25) is 0 Å². The van der Waals surface area contributed by atoms with Gasteiger partial charge in [0, 0.05) is 6.54 Å². The highest BCUT2D eigenvalue weighted by molar-refractivity contribution is 5.96. The Balaban J connectivity index is 1.77. The Morgan fingerprint density at radius 3 is 2.81 bits per heavy atom. The second kappa shape index (κ2) is 8.22. The number of methoxy groups -OCH3 is 1. The lowest BCUT2D eigenvalue weighted by molar-refractivity contribution is 0.0946. The zero-order valence-electron chi connectivity index (χ0n) is 15.2. The van der Waals surface area contributed by atoms with Crippen LogP contribution in [0.3, 0.4) is 0 Å². The van der Waals surface area contributed by atoms with E-state index >= 15 is 0 Å². The van der Waals surface area contributed by atoms with Crippen LogP contribution < -0.4 is 20.5 Å². The molecule has 0 aliphatic rings. The van der Waals surface area contributed by atoms with E-state index in [0.29, 0.717) is 24.6 Å². The molecule has 0 saturated carbocycles. The van der Waals surface area contributed by atoms with Crippen molar-refractivity contribution in [3.05, 3.63) is 59.8 Å². The van der Waals surface area contributed by atoms with E-state index in [2.05, 4.69) is 15.6 Å². The zero-order chi connectivity index (χ0) is 19.2. The first kappa shape index (κ1) is 18.2. The van der Waals surface area contributed by atoms with Crippen molar-refractivity contribution < 1.29 is 14.3 Å². The van der Waals surface area contributed by atoms with E-state index in [1.54, 1.807) is 13.2 Å². The molecule has 0 fully saturated rings. The van der Waals surface area contributed by atoms with Crippen LogP contribution in [0.15, 0.2) is 48.5 Å². The van der Waals surface area contributed by atoms with E-state index in [-0.39, 0.29) is 11.5 Å². The summed E-state index contributed by atoms with van der Waals surface area (Å²) in [7, 11) is 1.59. The number of benzene rings is 2. The van der Waals surface area contributed by atoms with Crippen LogP contribution in [-0.2, 0) is 6.54 Å². The molecule has 27 heavy (non-hydrogen) atoms. The summed E-state index contributed by atoms with van der Waals surface area (Å²) in [6.07, 6.45) is 0. The van der Waals surface area contributed by atoms with Gasteiger partial charge in [-0.05, 0) is 36.8 Å². The minimum atomic E-state index is -0.407. The molecule has 0 radical (unpaired) electrons. The van der Waals surface area contributed by atoms with E-state index in [0.717, 1.165) is 11.3 Å². The second-order valence-electron chi connectivity index (χ2n) is 5.67. The molecule has 3 rings (SSSR count). The molecule has 0 bridgehead atoms. The van der Waals surface area contributed by atoms with Crippen molar-refractivity contribution in [3.63, 3.8) is 0 Å². The Labute approximate surface area is 156 Å². The normalized spacial score (nSPS) is 10.4. The number of aromatic nitrogens is 3. The zero-order valence-corrected chi connectivity index (χ0v) is 15.2. The van der Waals surface area contributed by atoms with Gasteiger partial charge >= 0.3 is 0 Å². The molecular formula is C19H21N5O3. The molecule has 0 aliphatic heterocycles. The molecule has 8 nitrogen and oxygen atoms in total. The maximum absolute atomic E-state index is 12.5. The Hall–Kier alpha value is -3.55. The van der Waals surface area contributed by atoms with E-state index in [4.69, 9.17) is 15.2 Å². The fourth-order valence-electron chi connectivity index (χ4n) is 2.59. The van der Waals surface area contributed by atoms with E-state index in [1.807, 2.05) is 49.4 Å². The Morgan fingerprint density at radius 2 is 2.04 bits per heavy atom. The largest absolute Gasteiger partial charge is 0.497 e. The van der Waals surface area contributed by atoms with Crippen molar-refractivity contribution in [2.75, 3.05) is 19.5 Å². The summed E-state index contributed by atoms with van der Waals surface area (Å²) in [6, 6.07) is 14.7. The summed E-state index contributed by atoms with van der Waals surface area (Å²) in [5.74, 6) is 1.07. The Bertz CT molecular complexity index is 939. The molecule has 0 atom stereocenters. The van der Waals surface area contributed by atoms with Gasteiger partial charge in [0.15, 0.2) is 11.5 Å². The van der Waals surface area contributed by atoms with Crippen LogP contribution in [0.1, 0.15) is 23.0 Å². The summed E-state index contributed by atoms with van der Waals surface area (Å²) in [5.41, 5.74) is 7.70. The molecule has 0 saturated heterocycles. The number of nitrogen functional groups attached to an aromatic ring is 1. The first-order valence-corrected chi connectivity index (χ1v) is 8.48. The monoisotopic (exact) mass is 367 g/mol. The van der Waals surface area contributed by atoms with Gasteiger partial charge in [0.05, 0.1) is 13.7 Å². The minimum Gasteiger partial charge on any atom is -0.497 e. The maximum Gasteiger partial charge on any atom is 0.275 e. The van der Waals surface area contributed by atoms with Crippen LogP contribution in [0.5, 0.6) is 11.5 Å². The smallest absolute Gasteiger partial charge is 0.275 e. The summed E-state index contributed by atoms with van der Waals surface area (Å²) < 4.78 is 12.2. The molecule has 140 valence electrons. The van der Waals surface area contributed by atoms with Crippen LogP contribution in [0.25, 0.3) is 5.69 Å². The van der Waals surface area contributed by atoms with E-state index in [1.165, 1.54) is 4.68 Å². The SMILES string of the molecule is CCOc1ccccc1-n1nnc(C(=O)NCc2cccc(OC)c2)c1N. The number of hydrogen-bond acceptors (Lipinski definition) is 6. The highest BCUT2D eigenvalue weighted by Gasteiger charge is 2.19. The summed E-state index contributed by atoms with van der Waals surface area (Å²) in [6.45, 7) is 2.70. The lowest BCUT2D eigenvalue weighted by atomic mass is 10.2. The van der Waals surface area contributed by atoms with E-state index in [9.17, 15) is 4.79 Å². The van der Waals surface area contributed by atoms with Gasteiger partial charge < -0.3 is 20.5 Å². The van der Waals surface area contributed by atoms with Crippen molar-refractivity contribution in [2.45, 2.75) is 13.5 Å². The van der Waals surface area contributed by atoms with Gasteiger partial charge in [0.25, 0.3) is 5.91 Å². The van der Waals surface area contributed by atoms with Crippen molar-refractivity contribution >= 4 is 11.7 Å². The standard InChI is InChI=1S/C19H21N5O3/c1-3-27-16-10-5-4-9-15(16)24-18(20)17(22-23-24)19(25)21-12-13-7-6-8-14(11-13)26-2/h4-11H,3,12,20H2,1-2H3,(H,21,25). The highest BCUT2D eigenvalue weighted by atomic mass is 16.5. The van der Waals surface area contributed by atoms with Gasteiger partial charge in [-0.15, -0.1) is 5.10 Å². The summed E-state index contributed by atoms with van der Waals surface area (Å²) in [5, 5.41) is 10.7. The third-order valence-electron chi connectivity index (χ3n) is 3.90. The lowest BCUT2D eigenvalue weighted by Crippen LogP contribution is -2.24. The number of hydrogen-bond donors (Lipinski definition) is 2. The number of anilines is 1. The average molecular weight is 367 g/mol. The molecule has 0 spiro atoms. The number of carbonyl (C=O) groups is 1. The lowest BCUT2D eigenvalue weighted by Gasteiger charge is -2.10. The number of ether oxygens (including phenoxy) is 2. The molecule has 3 aromatic rings. The molecule has 1 aromatic heterocycles. The highest BCUT2D eigenvalue weighted by Crippen LogP contribution is 2.25. The van der Waals surface area contributed by atoms with Crippen LogP contribution in [-0.4, -0.2) is 34.6 Å². The number of para-hydroxylation sites is 2.